The number of nitro groups is 1. The summed E-state index contributed by atoms with van der Waals surface area (Å²) in [7, 11) is 0. The van der Waals surface area contributed by atoms with Crippen LogP contribution in [0, 0.1) is 23.0 Å². The van der Waals surface area contributed by atoms with Crippen LogP contribution in [-0.2, 0) is 14.3 Å². The number of rotatable bonds is 7. The minimum absolute atomic E-state index is 0.0679. The molecule has 1 amide bonds. The lowest BCUT2D eigenvalue weighted by Gasteiger charge is -2.19. The first kappa shape index (κ1) is 20.5. The molecule has 0 radical (unpaired) electrons. The summed E-state index contributed by atoms with van der Waals surface area (Å²) < 4.78 is 5.54. The number of benzene rings is 2. The molecule has 29 heavy (non-hydrogen) atoms. The van der Waals surface area contributed by atoms with Gasteiger partial charge in [-0.1, -0.05) is 49.2 Å². The third-order valence-corrected chi connectivity index (χ3v) is 5.13. The summed E-state index contributed by atoms with van der Waals surface area (Å²) >= 11 is 0. The fourth-order valence-corrected chi connectivity index (χ4v) is 3.63. The highest BCUT2D eigenvalue weighted by Gasteiger charge is 2.28. The molecule has 1 aliphatic rings. The molecular weight excluding hydrogens is 372 g/mol. The number of aryl methyl sites for hydroxylation is 1. The van der Waals surface area contributed by atoms with E-state index in [1.54, 1.807) is 43.3 Å². The lowest BCUT2D eigenvalue weighted by Crippen LogP contribution is -2.26. The Bertz CT molecular complexity index is 891. The normalized spacial score (nSPS) is 14.9. The lowest BCUT2D eigenvalue weighted by molar-refractivity contribution is -0.384. The highest BCUT2D eigenvalue weighted by molar-refractivity contribution is 5.97. The first-order valence-corrected chi connectivity index (χ1v) is 9.74. The van der Waals surface area contributed by atoms with E-state index in [1.807, 2.05) is 0 Å². The Morgan fingerprint density at radius 1 is 1.17 bits per heavy atom. The van der Waals surface area contributed by atoms with Crippen LogP contribution in [0.4, 0.5) is 11.4 Å². The van der Waals surface area contributed by atoms with Crippen molar-refractivity contribution < 1.29 is 19.2 Å². The van der Waals surface area contributed by atoms with E-state index < -0.39 is 22.9 Å². The van der Waals surface area contributed by atoms with Crippen LogP contribution in [0.5, 0.6) is 0 Å². The number of nitrogens with one attached hydrogen (secondary N) is 1. The first-order valence-electron chi connectivity index (χ1n) is 9.74. The quantitative estimate of drug-likeness (QED) is 0.415. The van der Waals surface area contributed by atoms with Gasteiger partial charge >= 0.3 is 5.97 Å². The fourth-order valence-electron chi connectivity index (χ4n) is 3.63. The molecule has 0 unspecified atom stereocenters. The van der Waals surface area contributed by atoms with Crippen LogP contribution in [0.1, 0.15) is 49.3 Å². The number of carbonyl (C=O) groups is 2. The number of nitro benzene ring substituents is 1. The van der Waals surface area contributed by atoms with Crippen LogP contribution < -0.4 is 5.32 Å². The van der Waals surface area contributed by atoms with E-state index in [0.29, 0.717) is 17.0 Å². The Kier molecular flexibility index (Phi) is 6.59. The number of esters is 1. The Balaban J connectivity index is 1.79. The largest absolute Gasteiger partial charge is 0.447 e. The molecule has 1 N–H and O–H groups in total. The maximum atomic E-state index is 12.9. The van der Waals surface area contributed by atoms with E-state index in [9.17, 15) is 19.7 Å². The molecule has 152 valence electrons. The Morgan fingerprint density at radius 2 is 1.86 bits per heavy atom. The monoisotopic (exact) mass is 396 g/mol. The minimum Gasteiger partial charge on any atom is -0.447 e. The van der Waals surface area contributed by atoms with Gasteiger partial charge in [-0.3, -0.25) is 19.7 Å². The molecule has 0 saturated heterocycles. The summed E-state index contributed by atoms with van der Waals surface area (Å²) in [6.45, 7) is 1.73. The van der Waals surface area contributed by atoms with Gasteiger partial charge in [-0.15, -0.1) is 0 Å². The van der Waals surface area contributed by atoms with E-state index in [-0.39, 0.29) is 17.8 Å². The lowest BCUT2D eigenvalue weighted by atomic mass is 10.0. The van der Waals surface area contributed by atoms with Crippen molar-refractivity contribution >= 4 is 23.3 Å². The van der Waals surface area contributed by atoms with Gasteiger partial charge in [0.2, 0.25) is 6.10 Å². The smallest absolute Gasteiger partial charge is 0.307 e. The zero-order valence-corrected chi connectivity index (χ0v) is 16.3. The van der Waals surface area contributed by atoms with Crippen molar-refractivity contribution in [1.82, 2.24) is 0 Å². The van der Waals surface area contributed by atoms with E-state index in [2.05, 4.69) is 5.32 Å². The molecule has 3 rings (SSSR count). The van der Waals surface area contributed by atoms with Gasteiger partial charge < -0.3 is 10.1 Å². The predicted molar refractivity (Wildman–Crippen MR) is 108 cm³/mol. The standard InChI is InChI=1S/C22H24N2O5/c1-15-11-12-18(19(13-15)24(27)28)23-22(26)21(17-9-3-2-4-10-17)29-20(25)14-16-7-5-6-8-16/h2-4,9-13,16,21H,5-8,14H2,1H3,(H,23,26)/t21-/m0/s1. The van der Waals surface area contributed by atoms with Crippen molar-refractivity contribution in [3.8, 4) is 0 Å². The highest BCUT2D eigenvalue weighted by atomic mass is 16.6. The summed E-state index contributed by atoms with van der Waals surface area (Å²) in [4.78, 5) is 36.2. The third-order valence-electron chi connectivity index (χ3n) is 5.13. The zero-order chi connectivity index (χ0) is 20.8. The van der Waals surface area contributed by atoms with E-state index in [4.69, 9.17) is 4.74 Å². The first-order chi connectivity index (χ1) is 13.9. The van der Waals surface area contributed by atoms with E-state index in [1.165, 1.54) is 12.1 Å². The fraction of sp³-hybridized carbons (Fsp3) is 0.364. The van der Waals surface area contributed by atoms with Crippen molar-refractivity contribution in [1.29, 1.82) is 0 Å². The maximum Gasteiger partial charge on any atom is 0.307 e. The van der Waals surface area contributed by atoms with Gasteiger partial charge in [0.25, 0.3) is 11.6 Å². The second-order valence-electron chi connectivity index (χ2n) is 7.40. The highest BCUT2D eigenvalue weighted by Crippen LogP contribution is 2.30. The Labute approximate surface area is 169 Å². The van der Waals surface area contributed by atoms with E-state index in [0.717, 1.165) is 25.7 Å². The molecule has 1 fully saturated rings. The summed E-state index contributed by atoms with van der Waals surface area (Å²) in [6, 6.07) is 13.2. The number of anilines is 1. The average molecular weight is 396 g/mol. The molecule has 2 aromatic rings. The number of hydrogen-bond acceptors (Lipinski definition) is 5. The second-order valence-corrected chi connectivity index (χ2v) is 7.40. The maximum absolute atomic E-state index is 12.9. The third kappa shape index (κ3) is 5.40. The van der Waals surface area contributed by atoms with Crippen molar-refractivity contribution in [2.24, 2.45) is 5.92 Å². The SMILES string of the molecule is Cc1ccc(NC(=O)[C@@H](OC(=O)CC2CCCC2)c2ccccc2)c([N+](=O)[O-])c1. The number of amides is 1. The van der Waals surface area contributed by atoms with Crippen LogP contribution in [0.25, 0.3) is 0 Å². The molecule has 0 spiro atoms. The van der Waals surface area contributed by atoms with Gasteiger partial charge in [-0.2, -0.15) is 0 Å². The number of carbonyl (C=O) groups excluding carboxylic acids is 2. The molecule has 1 saturated carbocycles. The van der Waals surface area contributed by atoms with Gasteiger partial charge in [0.1, 0.15) is 5.69 Å². The Hall–Kier alpha value is -3.22. The average Bonchev–Trinajstić information content (AvgIpc) is 3.21. The molecule has 7 heteroatoms. The number of hydrogen-bond donors (Lipinski definition) is 1. The summed E-state index contributed by atoms with van der Waals surface area (Å²) in [5.74, 6) is -0.762. The molecule has 7 nitrogen and oxygen atoms in total. The molecule has 0 aliphatic heterocycles. The van der Waals surface area contributed by atoms with Crippen molar-refractivity contribution in [2.45, 2.75) is 45.1 Å². The van der Waals surface area contributed by atoms with Crippen molar-refractivity contribution in [3.05, 3.63) is 69.8 Å². The van der Waals surface area contributed by atoms with Crippen LogP contribution in [0.3, 0.4) is 0 Å². The predicted octanol–water partition coefficient (Wildman–Crippen LogP) is 4.71. The topological polar surface area (TPSA) is 98.5 Å². The minimum atomic E-state index is -1.17. The molecular formula is C22H24N2O5. The number of ether oxygens (including phenoxy) is 1. The molecule has 0 bridgehead atoms. The van der Waals surface area contributed by atoms with Gasteiger partial charge in [0, 0.05) is 18.1 Å². The molecule has 0 heterocycles. The van der Waals surface area contributed by atoms with Crippen LogP contribution in [0.2, 0.25) is 0 Å². The molecule has 1 atom stereocenters. The van der Waals surface area contributed by atoms with Gasteiger partial charge in [-0.25, -0.2) is 0 Å². The van der Waals surface area contributed by atoms with Crippen LogP contribution in [-0.4, -0.2) is 16.8 Å². The van der Waals surface area contributed by atoms with Crippen LogP contribution in [0.15, 0.2) is 48.5 Å². The zero-order valence-electron chi connectivity index (χ0n) is 16.3. The van der Waals surface area contributed by atoms with Crippen molar-refractivity contribution in [3.63, 3.8) is 0 Å². The summed E-state index contributed by atoms with van der Waals surface area (Å²) in [6.07, 6.45) is 3.31. The molecule has 1 aliphatic carbocycles. The van der Waals surface area contributed by atoms with E-state index >= 15 is 0 Å². The van der Waals surface area contributed by atoms with Gasteiger partial charge in [-0.05, 0) is 37.3 Å². The van der Waals surface area contributed by atoms with Crippen LogP contribution >= 0.6 is 0 Å². The van der Waals surface area contributed by atoms with Crippen molar-refractivity contribution in [2.75, 3.05) is 5.32 Å². The van der Waals surface area contributed by atoms with Gasteiger partial charge in [0.15, 0.2) is 0 Å². The second kappa shape index (κ2) is 9.32. The van der Waals surface area contributed by atoms with Gasteiger partial charge in [0.05, 0.1) is 4.92 Å². The Morgan fingerprint density at radius 3 is 2.52 bits per heavy atom. The molecule has 2 aromatic carbocycles. The number of nitrogens with zero attached hydrogens (tertiary/aromatic N) is 1. The summed E-state index contributed by atoms with van der Waals surface area (Å²) in [5, 5.41) is 13.9. The molecule has 0 aromatic heterocycles. The summed E-state index contributed by atoms with van der Waals surface area (Å²) in [5.41, 5.74) is 1.08.